The fraction of sp³-hybridized carbons (Fsp3) is 0.462. The Balaban J connectivity index is 1.53. The van der Waals surface area contributed by atoms with Gasteiger partial charge in [-0.2, -0.15) is 0 Å². The minimum atomic E-state index is -1.20. The summed E-state index contributed by atoms with van der Waals surface area (Å²) in [5.74, 6) is -2.64. The molecule has 3 aromatic rings. The van der Waals surface area contributed by atoms with Gasteiger partial charge >= 0.3 is 0 Å². The highest BCUT2D eigenvalue weighted by Gasteiger charge is 2.32. The Hall–Kier alpha value is -4.19. The molecule has 0 spiro atoms. The van der Waals surface area contributed by atoms with Crippen LogP contribution in [0.5, 0.6) is 0 Å². The fourth-order valence-corrected chi connectivity index (χ4v) is 6.77. The summed E-state index contributed by atoms with van der Waals surface area (Å²) >= 11 is 0. The van der Waals surface area contributed by atoms with Crippen LogP contribution >= 0.6 is 0 Å². The van der Waals surface area contributed by atoms with E-state index in [9.17, 15) is 33.4 Å². The number of nitrogens with zero attached hydrogens (tertiary/aromatic N) is 1. The minimum absolute atomic E-state index is 0.0212. The van der Waals surface area contributed by atoms with Crippen LogP contribution in [0.1, 0.15) is 78.6 Å². The van der Waals surface area contributed by atoms with Crippen molar-refractivity contribution in [3.05, 3.63) is 105 Å². The van der Waals surface area contributed by atoms with Crippen LogP contribution in [-0.4, -0.2) is 70.7 Å². The van der Waals surface area contributed by atoms with E-state index in [1.807, 2.05) is 39.0 Å². The third kappa shape index (κ3) is 10.9. The maximum absolute atomic E-state index is 14.1. The summed E-state index contributed by atoms with van der Waals surface area (Å²) < 4.78 is 28.3. The molecule has 1 aliphatic carbocycles. The smallest absolute Gasteiger partial charge is 0.226 e. The van der Waals surface area contributed by atoms with Crippen molar-refractivity contribution in [1.82, 2.24) is 15.5 Å². The normalized spacial score (nSPS) is 16.5. The Morgan fingerprint density at radius 2 is 1.48 bits per heavy atom. The predicted octanol–water partition coefficient (Wildman–Crippen LogP) is 3.62. The number of primary amides is 1. The summed E-state index contributed by atoms with van der Waals surface area (Å²) in [4.78, 5) is 40.3. The molecule has 3 amide bonds. The molecule has 1 aliphatic rings. The molecule has 0 heterocycles. The average molecular weight is 693 g/mol. The molecule has 6 N–H and O–H groups in total. The van der Waals surface area contributed by atoms with Crippen LogP contribution < -0.4 is 16.4 Å². The van der Waals surface area contributed by atoms with E-state index in [2.05, 4.69) is 10.6 Å². The third-order valence-corrected chi connectivity index (χ3v) is 9.05. The number of carbonyl (C=O) groups excluding carboxylic acids is 3. The zero-order valence-corrected chi connectivity index (χ0v) is 29.2. The zero-order chi connectivity index (χ0) is 36.4. The highest BCUT2D eigenvalue weighted by molar-refractivity contribution is 5.81. The second-order valence-electron chi connectivity index (χ2n) is 13.3. The van der Waals surface area contributed by atoms with Crippen LogP contribution in [0.4, 0.5) is 8.78 Å². The van der Waals surface area contributed by atoms with Gasteiger partial charge in [-0.3, -0.25) is 14.4 Å². The van der Waals surface area contributed by atoms with E-state index >= 15 is 0 Å². The molecule has 0 bridgehead atoms. The molecule has 9 nitrogen and oxygen atoms in total. The lowest BCUT2D eigenvalue weighted by atomic mass is 9.97. The van der Waals surface area contributed by atoms with Crippen molar-refractivity contribution in [2.75, 3.05) is 19.6 Å². The van der Waals surface area contributed by atoms with E-state index in [1.165, 1.54) is 0 Å². The lowest BCUT2D eigenvalue weighted by Gasteiger charge is -2.27. The Bertz CT molecular complexity index is 1620. The lowest BCUT2D eigenvalue weighted by molar-refractivity contribution is -0.130. The van der Waals surface area contributed by atoms with Gasteiger partial charge in [-0.15, -0.1) is 0 Å². The number of carbonyl (C=O) groups is 3. The molecular formula is C39H50F2N4O5. The zero-order valence-electron chi connectivity index (χ0n) is 29.2. The van der Waals surface area contributed by atoms with Crippen LogP contribution in [0.25, 0.3) is 0 Å². The molecule has 11 heteroatoms. The molecular weight excluding hydrogens is 642 g/mol. The summed E-state index contributed by atoms with van der Waals surface area (Å²) in [7, 11) is 0. The van der Waals surface area contributed by atoms with Crippen LogP contribution in [0, 0.1) is 11.6 Å². The second kappa shape index (κ2) is 18.2. The molecule has 0 radical (unpaired) electrons. The highest BCUT2D eigenvalue weighted by atomic mass is 19.1. The van der Waals surface area contributed by atoms with Gasteiger partial charge in [-0.25, -0.2) is 8.78 Å². The maximum atomic E-state index is 14.1. The van der Waals surface area contributed by atoms with Gasteiger partial charge in [0.1, 0.15) is 11.6 Å². The van der Waals surface area contributed by atoms with Crippen LogP contribution in [0.15, 0.2) is 54.6 Å². The molecule has 0 aromatic heterocycles. The number of halogens is 2. The Labute approximate surface area is 293 Å². The maximum Gasteiger partial charge on any atom is 0.226 e. The molecule has 270 valence electrons. The number of fused-ring (bicyclic) bond motifs is 1. The quantitative estimate of drug-likeness (QED) is 0.138. The first kappa shape index (κ1) is 38.6. The summed E-state index contributed by atoms with van der Waals surface area (Å²) in [6, 6.07) is 12.9. The third-order valence-electron chi connectivity index (χ3n) is 9.05. The first-order valence-corrected chi connectivity index (χ1v) is 17.5. The van der Waals surface area contributed by atoms with E-state index in [0.717, 1.165) is 54.2 Å². The standard InChI is InChI=1S/C39H50F2N4O5/c1-4-9-45(10-5-2)38(50)20-27-12-25(18-36(42)48)11-26(13-27)19-37(49)44-33(17-28-14-30(40)22-31(41)15-28)35(47)23-43-39-32-16-24(6-3)7-8-29(32)21-34(39)46/h7-8,11-16,22,33-35,39,43,46-47H,4-6,9-10,17-21,23H2,1-3H3,(H2,42,48)(H,44,49)/t33-,34-,35+,39+/m0/s1. The van der Waals surface area contributed by atoms with E-state index in [-0.39, 0.29) is 43.7 Å². The number of nitrogens with one attached hydrogen (secondary N) is 2. The average Bonchev–Trinajstić information content (AvgIpc) is 3.35. The molecule has 4 rings (SSSR count). The number of aryl methyl sites for hydroxylation is 1. The minimum Gasteiger partial charge on any atom is -0.391 e. The van der Waals surface area contributed by atoms with Gasteiger partial charge < -0.3 is 31.5 Å². The van der Waals surface area contributed by atoms with Gasteiger partial charge in [-0.1, -0.05) is 57.2 Å². The Morgan fingerprint density at radius 3 is 2.08 bits per heavy atom. The Kier molecular flexibility index (Phi) is 14.0. The van der Waals surface area contributed by atoms with Crippen molar-refractivity contribution in [1.29, 1.82) is 0 Å². The summed E-state index contributed by atoms with van der Waals surface area (Å²) in [6.45, 7) is 7.29. The molecule has 0 saturated heterocycles. The van der Waals surface area contributed by atoms with Crippen molar-refractivity contribution in [2.24, 2.45) is 5.73 Å². The lowest BCUT2D eigenvalue weighted by Crippen LogP contribution is -2.50. The van der Waals surface area contributed by atoms with Gasteiger partial charge in [0.15, 0.2) is 0 Å². The summed E-state index contributed by atoms with van der Waals surface area (Å²) in [6.07, 6.45) is 0.823. The van der Waals surface area contributed by atoms with E-state index < -0.39 is 47.7 Å². The summed E-state index contributed by atoms with van der Waals surface area (Å²) in [5.41, 5.74) is 10.6. The SMILES string of the molecule is CCCN(CCC)C(=O)Cc1cc(CC(N)=O)cc(CC(=O)N[C@@H](Cc2cc(F)cc(F)c2)[C@H](O)CN[C@@H]2c3cc(CC)ccc3C[C@@H]2O)c1. The van der Waals surface area contributed by atoms with Gasteiger partial charge in [0.05, 0.1) is 43.6 Å². The summed E-state index contributed by atoms with van der Waals surface area (Å²) in [5, 5.41) is 28.3. The van der Waals surface area contributed by atoms with Gasteiger partial charge in [0, 0.05) is 32.1 Å². The van der Waals surface area contributed by atoms with E-state index in [1.54, 1.807) is 23.1 Å². The first-order chi connectivity index (χ1) is 23.9. The molecule has 0 fully saturated rings. The molecule has 0 aliphatic heterocycles. The van der Waals surface area contributed by atoms with Crippen molar-refractivity contribution in [3.63, 3.8) is 0 Å². The molecule has 0 saturated carbocycles. The molecule has 0 unspecified atom stereocenters. The van der Waals surface area contributed by atoms with E-state index in [4.69, 9.17) is 5.73 Å². The number of nitrogens with two attached hydrogens (primary N) is 1. The van der Waals surface area contributed by atoms with Crippen molar-refractivity contribution < 1.29 is 33.4 Å². The van der Waals surface area contributed by atoms with Crippen molar-refractivity contribution in [3.8, 4) is 0 Å². The largest absolute Gasteiger partial charge is 0.391 e. The second-order valence-corrected chi connectivity index (χ2v) is 13.3. The van der Waals surface area contributed by atoms with Crippen LogP contribution in [0.2, 0.25) is 0 Å². The monoisotopic (exact) mass is 692 g/mol. The van der Waals surface area contributed by atoms with Crippen molar-refractivity contribution in [2.45, 2.75) is 96.4 Å². The van der Waals surface area contributed by atoms with E-state index in [0.29, 0.717) is 36.2 Å². The topological polar surface area (TPSA) is 145 Å². The number of aliphatic hydroxyl groups excluding tert-OH is 2. The number of rotatable bonds is 18. The number of amides is 3. The first-order valence-electron chi connectivity index (χ1n) is 17.5. The van der Waals surface area contributed by atoms with Crippen LogP contribution in [-0.2, 0) is 52.9 Å². The number of hydrogen-bond acceptors (Lipinski definition) is 6. The number of aliphatic hydroxyl groups is 2. The molecule has 3 aromatic carbocycles. The molecule has 4 atom stereocenters. The van der Waals surface area contributed by atoms with Gasteiger partial charge in [0.2, 0.25) is 17.7 Å². The number of hydrogen-bond donors (Lipinski definition) is 5. The fourth-order valence-electron chi connectivity index (χ4n) is 6.77. The number of benzene rings is 3. The highest BCUT2D eigenvalue weighted by Crippen LogP contribution is 2.32. The Morgan fingerprint density at radius 1 is 0.860 bits per heavy atom. The van der Waals surface area contributed by atoms with Crippen molar-refractivity contribution >= 4 is 17.7 Å². The van der Waals surface area contributed by atoms with Gasteiger partial charge in [0.25, 0.3) is 0 Å². The predicted molar refractivity (Wildman–Crippen MR) is 188 cm³/mol. The van der Waals surface area contributed by atoms with Crippen LogP contribution in [0.3, 0.4) is 0 Å². The molecule has 50 heavy (non-hydrogen) atoms. The van der Waals surface area contributed by atoms with Gasteiger partial charge in [-0.05, 0) is 76.8 Å².